The van der Waals surface area contributed by atoms with Gasteiger partial charge in [0, 0.05) is 25.7 Å². The van der Waals surface area contributed by atoms with Crippen LogP contribution in [0.1, 0.15) is 85.8 Å². The number of benzene rings is 2. The molecule has 0 aliphatic carbocycles. The Morgan fingerprint density at radius 1 is 1.03 bits per heavy atom. The molecule has 184 valence electrons. The molecule has 0 radical (unpaired) electrons. The smallest absolute Gasteiger partial charge is 0.258 e. The zero-order chi connectivity index (χ0) is 24.1. The number of phenolic OH excluding ortho intramolecular Hbond substituents is 2. The van der Waals surface area contributed by atoms with Gasteiger partial charge in [0.1, 0.15) is 11.5 Å². The number of halogens is 1. The summed E-state index contributed by atoms with van der Waals surface area (Å²) in [6, 6.07) is 11.2. The molecule has 2 atom stereocenters. The Morgan fingerprint density at radius 2 is 1.82 bits per heavy atom. The summed E-state index contributed by atoms with van der Waals surface area (Å²) in [7, 11) is 0. The van der Waals surface area contributed by atoms with E-state index in [0.29, 0.717) is 6.54 Å². The lowest BCUT2D eigenvalue weighted by molar-refractivity contribution is 0.0732. The van der Waals surface area contributed by atoms with E-state index in [1.807, 2.05) is 4.90 Å². The molecular formula is C28H37ClN2O3. The maximum absolute atomic E-state index is 13.2. The van der Waals surface area contributed by atoms with Crippen LogP contribution in [0.5, 0.6) is 11.5 Å². The van der Waals surface area contributed by atoms with E-state index in [2.05, 4.69) is 36.1 Å². The first-order valence-corrected chi connectivity index (χ1v) is 13.2. The topological polar surface area (TPSA) is 64.0 Å². The molecule has 0 spiro atoms. The summed E-state index contributed by atoms with van der Waals surface area (Å²) in [5.74, 6) is 0.0891. The Kier molecular flexibility index (Phi) is 8.38. The highest BCUT2D eigenvalue weighted by molar-refractivity contribution is 6.32. The Morgan fingerprint density at radius 3 is 2.59 bits per heavy atom. The summed E-state index contributed by atoms with van der Waals surface area (Å²) in [6.45, 7) is 6.27. The molecule has 2 fully saturated rings. The van der Waals surface area contributed by atoms with Crippen LogP contribution < -0.4 is 0 Å². The van der Waals surface area contributed by atoms with Gasteiger partial charge in [-0.25, -0.2) is 0 Å². The van der Waals surface area contributed by atoms with Crippen molar-refractivity contribution < 1.29 is 15.0 Å². The van der Waals surface area contributed by atoms with E-state index in [1.54, 1.807) is 0 Å². The van der Waals surface area contributed by atoms with Gasteiger partial charge >= 0.3 is 0 Å². The molecule has 2 saturated heterocycles. The summed E-state index contributed by atoms with van der Waals surface area (Å²) in [6.07, 6.45) is 9.75. The second kappa shape index (κ2) is 11.5. The van der Waals surface area contributed by atoms with Crippen molar-refractivity contribution >= 4 is 17.5 Å². The normalized spacial score (nSPS) is 21.5. The number of carbonyl (C=O) groups is 1. The zero-order valence-electron chi connectivity index (χ0n) is 20.2. The lowest BCUT2D eigenvalue weighted by Crippen LogP contribution is -2.30. The Hall–Kier alpha value is -2.24. The average molecular weight is 485 g/mol. The third-order valence-electron chi connectivity index (χ3n) is 7.40. The molecule has 6 heteroatoms. The van der Waals surface area contributed by atoms with Crippen molar-refractivity contribution in [1.82, 2.24) is 9.80 Å². The summed E-state index contributed by atoms with van der Waals surface area (Å²) in [5.41, 5.74) is 2.57. The van der Waals surface area contributed by atoms with E-state index < -0.39 is 0 Å². The molecule has 2 N–H and O–H groups in total. The van der Waals surface area contributed by atoms with Gasteiger partial charge in [0.25, 0.3) is 5.91 Å². The number of nitrogens with zero attached hydrogens (tertiary/aromatic N) is 2. The second-order valence-electron chi connectivity index (χ2n) is 9.96. The first-order chi connectivity index (χ1) is 16.5. The fourth-order valence-corrected chi connectivity index (χ4v) is 5.69. The van der Waals surface area contributed by atoms with Gasteiger partial charge < -0.3 is 15.1 Å². The molecule has 2 aromatic rings. The Bertz CT molecular complexity index is 978. The Labute approximate surface area is 208 Å². The van der Waals surface area contributed by atoms with Gasteiger partial charge in [-0.15, -0.1) is 0 Å². The summed E-state index contributed by atoms with van der Waals surface area (Å²) in [5, 5.41) is 20.0. The first kappa shape index (κ1) is 24.9. The number of rotatable bonds is 7. The van der Waals surface area contributed by atoms with Crippen LogP contribution in [0, 0.1) is 5.92 Å². The molecule has 34 heavy (non-hydrogen) atoms. The molecule has 0 saturated carbocycles. The molecule has 4 rings (SSSR count). The van der Waals surface area contributed by atoms with Gasteiger partial charge in [-0.05, 0) is 61.8 Å². The van der Waals surface area contributed by atoms with Crippen molar-refractivity contribution in [2.24, 2.45) is 5.92 Å². The SMILES string of the molecule is CCCC[C@H]1CCCCN(Cc2ccc(C3CCCN3C(=O)c3cc(Cl)c(O)cc3O)cc2)C1. The van der Waals surface area contributed by atoms with Crippen molar-refractivity contribution in [1.29, 1.82) is 0 Å². The molecule has 1 unspecified atom stereocenters. The van der Waals surface area contributed by atoms with Crippen molar-refractivity contribution in [3.05, 3.63) is 58.1 Å². The standard InChI is InChI=1S/C28H37ClN2O3/c1-2-3-7-20-8-4-5-14-30(18-20)19-21-10-12-22(13-11-21)25-9-6-15-31(25)28(34)23-16-24(29)27(33)17-26(23)32/h10-13,16-17,20,25,32-33H,2-9,14-15,18-19H2,1H3/t20-,25?/m0/s1. The molecule has 2 aliphatic heterocycles. The van der Waals surface area contributed by atoms with E-state index in [1.165, 1.54) is 63.2 Å². The first-order valence-electron chi connectivity index (χ1n) is 12.8. The average Bonchev–Trinajstić information content (AvgIpc) is 3.21. The largest absolute Gasteiger partial charge is 0.507 e. The maximum atomic E-state index is 13.2. The van der Waals surface area contributed by atoms with Gasteiger partial charge in [0.2, 0.25) is 0 Å². The minimum atomic E-state index is -0.256. The van der Waals surface area contributed by atoms with E-state index in [4.69, 9.17) is 11.6 Å². The molecule has 0 bridgehead atoms. The van der Waals surface area contributed by atoms with E-state index >= 15 is 0 Å². The third kappa shape index (κ3) is 5.87. The number of hydrogen-bond donors (Lipinski definition) is 2. The number of carbonyl (C=O) groups excluding carboxylic acids is 1. The van der Waals surface area contributed by atoms with E-state index in [0.717, 1.165) is 36.9 Å². The predicted molar refractivity (Wildman–Crippen MR) is 136 cm³/mol. The lowest BCUT2D eigenvalue weighted by Gasteiger charge is -2.27. The van der Waals surface area contributed by atoms with Gasteiger partial charge in [-0.1, -0.05) is 62.1 Å². The molecule has 2 aromatic carbocycles. The highest BCUT2D eigenvalue weighted by Crippen LogP contribution is 2.37. The van der Waals surface area contributed by atoms with Crippen molar-refractivity contribution in [3.8, 4) is 11.5 Å². The van der Waals surface area contributed by atoms with Crippen LogP contribution in [0.3, 0.4) is 0 Å². The summed E-state index contributed by atoms with van der Waals surface area (Å²) < 4.78 is 0. The van der Waals surface area contributed by atoms with Gasteiger partial charge in [-0.3, -0.25) is 9.69 Å². The number of unbranched alkanes of at least 4 members (excludes halogenated alkanes) is 1. The monoisotopic (exact) mass is 484 g/mol. The summed E-state index contributed by atoms with van der Waals surface area (Å²) in [4.78, 5) is 17.6. The molecule has 0 aromatic heterocycles. The molecule has 1 amide bonds. The summed E-state index contributed by atoms with van der Waals surface area (Å²) >= 11 is 6.00. The fraction of sp³-hybridized carbons (Fsp3) is 0.536. The van der Waals surface area contributed by atoms with Crippen LogP contribution in [0.2, 0.25) is 5.02 Å². The van der Waals surface area contributed by atoms with Crippen LogP contribution >= 0.6 is 11.6 Å². The number of aromatic hydroxyl groups is 2. The van der Waals surface area contributed by atoms with Crippen molar-refractivity contribution in [2.45, 2.75) is 70.9 Å². The van der Waals surface area contributed by atoms with Crippen molar-refractivity contribution in [2.75, 3.05) is 19.6 Å². The van der Waals surface area contributed by atoms with Crippen LogP contribution in [0.25, 0.3) is 0 Å². The Balaban J connectivity index is 1.43. The number of likely N-dealkylation sites (tertiary alicyclic amines) is 2. The number of phenols is 2. The number of amides is 1. The molecular weight excluding hydrogens is 448 g/mol. The van der Waals surface area contributed by atoms with E-state index in [9.17, 15) is 15.0 Å². The van der Waals surface area contributed by atoms with Crippen LogP contribution in [0.15, 0.2) is 36.4 Å². The molecule has 5 nitrogen and oxygen atoms in total. The van der Waals surface area contributed by atoms with E-state index in [-0.39, 0.29) is 34.0 Å². The number of hydrogen-bond acceptors (Lipinski definition) is 4. The highest BCUT2D eigenvalue weighted by Gasteiger charge is 2.32. The van der Waals surface area contributed by atoms with Crippen molar-refractivity contribution in [3.63, 3.8) is 0 Å². The predicted octanol–water partition coefficient (Wildman–Crippen LogP) is 6.52. The fourth-order valence-electron chi connectivity index (χ4n) is 5.52. The molecule has 2 heterocycles. The van der Waals surface area contributed by atoms with Crippen LogP contribution in [0.4, 0.5) is 0 Å². The molecule has 2 aliphatic rings. The maximum Gasteiger partial charge on any atom is 0.258 e. The third-order valence-corrected chi connectivity index (χ3v) is 7.70. The van der Waals surface area contributed by atoms with Gasteiger partial charge in [0.05, 0.1) is 16.6 Å². The lowest BCUT2D eigenvalue weighted by atomic mass is 9.97. The minimum absolute atomic E-state index is 0.0230. The highest BCUT2D eigenvalue weighted by atomic mass is 35.5. The zero-order valence-corrected chi connectivity index (χ0v) is 20.9. The van der Waals surface area contributed by atoms with Gasteiger partial charge in [-0.2, -0.15) is 0 Å². The van der Waals surface area contributed by atoms with Crippen LogP contribution in [-0.4, -0.2) is 45.6 Å². The quantitative estimate of drug-likeness (QED) is 0.469. The van der Waals surface area contributed by atoms with Crippen LogP contribution in [-0.2, 0) is 6.54 Å². The second-order valence-corrected chi connectivity index (χ2v) is 10.4. The van der Waals surface area contributed by atoms with Gasteiger partial charge in [0.15, 0.2) is 0 Å². The minimum Gasteiger partial charge on any atom is -0.507 e.